The van der Waals surface area contributed by atoms with E-state index in [-0.39, 0.29) is 16.8 Å². The van der Waals surface area contributed by atoms with Gasteiger partial charge >= 0.3 is 5.97 Å². The van der Waals surface area contributed by atoms with E-state index in [0.29, 0.717) is 11.2 Å². The summed E-state index contributed by atoms with van der Waals surface area (Å²) in [6.07, 6.45) is 0. The van der Waals surface area contributed by atoms with Crippen LogP contribution in [0.25, 0.3) is 16.7 Å². The second kappa shape index (κ2) is 4.43. The number of rotatable bonds is 1. The topological polar surface area (TPSA) is 87.5 Å². The molecule has 0 bridgehead atoms. The first-order chi connectivity index (χ1) is 10.2. The highest BCUT2D eigenvalue weighted by atomic mass is 16.4. The van der Waals surface area contributed by atoms with Gasteiger partial charge in [-0.1, -0.05) is 26.8 Å². The number of nitrogens with one attached hydrogen (secondary N) is 1. The highest BCUT2D eigenvalue weighted by Gasteiger charge is 2.20. The van der Waals surface area contributed by atoms with Crippen molar-refractivity contribution in [3.05, 3.63) is 45.5 Å². The number of imidazole rings is 1. The lowest BCUT2D eigenvalue weighted by Gasteiger charge is -2.19. The maximum absolute atomic E-state index is 12.2. The minimum absolute atomic E-state index is 0.0454. The minimum atomic E-state index is -1.14. The molecule has 6 heteroatoms. The first-order valence-electron chi connectivity index (χ1n) is 6.99. The number of aromatic carboxylic acids is 1. The first-order valence-corrected chi connectivity index (χ1v) is 6.99. The molecule has 0 saturated heterocycles. The quantitative estimate of drug-likeness (QED) is 0.722. The Hall–Kier alpha value is -2.63. The number of carboxylic acids is 1. The standard InChI is InChI=1S/C16H17N3O3/c1-8-12(15(21)22)18-13-14(20)17-10-7-9(16(2,3)4)5-6-11(10)19(8)13/h5-7H,1-4H3,(H,17,20)(H,21,22). The molecule has 2 N–H and O–H groups in total. The van der Waals surface area contributed by atoms with Crippen molar-refractivity contribution in [2.45, 2.75) is 33.1 Å². The molecule has 22 heavy (non-hydrogen) atoms. The van der Waals surface area contributed by atoms with E-state index in [9.17, 15) is 14.7 Å². The molecule has 0 aliphatic carbocycles. The highest BCUT2D eigenvalue weighted by molar-refractivity contribution is 5.89. The Kier molecular flexibility index (Phi) is 2.88. The molecule has 0 amide bonds. The molecule has 0 spiro atoms. The van der Waals surface area contributed by atoms with Crippen LogP contribution in [0.5, 0.6) is 0 Å². The summed E-state index contributed by atoms with van der Waals surface area (Å²) >= 11 is 0. The third kappa shape index (κ3) is 1.99. The van der Waals surface area contributed by atoms with E-state index >= 15 is 0 Å². The number of H-pyrrole nitrogens is 1. The van der Waals surface area contributed by atoms with E-state index in [4.69, 9.17) is 0 Å². The molecule has 2 heterocycles. The second-order valence-corrected chi connectivity index (χ2v) is 6.45. The van der Waals surface area contributed by atoms with Crippen molar-refractivity contribution in [3.8, 4) is 0 Å². The molecule has 0 aliphatic heterocycles. The van der Waals surface area contributed by atoms with Crippen LogP contribution in [0.3, 0.4) is 0 Å². The van der Waals surface area contributed by atoms with Gasteiger partial charge in [0.15, 0.2) is 5.69 Å². The fourth-order valence-corrected chi connectivity index (χ4v) is 2.63. The molecule has 0 unspecified atom stereocenters. The van der Waals surface area contributed by atoms with Gasteiger partial charge in [-0.15, -0.1) is 0 Å². The predicted molar refractivity (Wildman–Crippen MR) is 83.7 cm³/mol. The molecule has 114 valence electrons. The van der Waals surface area contributed by atoms with Gasteiger partial charge in [0.1, 0.15) is 0 Å². The van der Waals surface area contributed by atoms with E-state index in [1.54, 1.807) is 11.3 Å². The van der Waals surface area contributed by atoms with Gasteiger partial charge in [-0.05, 0) is 30.0 Å². The first kappa shape index (κ1) is 14.3. The van der Waals surface area contributed by atoms with Gasteiger partial charge in [0, 0.05) is 0 Å². The monoisotopic (exact) mass is 299 g/mol. The van der Waals surface area contributed by atoms with Crippen LogP contribution < -0.4 is 5.56 Å². The molecule has 3 rings (SSSR count). The number of nitrogens with zero attached hydrogens (tertiary/aromatic N) is 2. The Bertz CT molecular complexity index is 974. The van der Waals surface area contributed by atoms with Crippen molar-refractivity contribution in [2.75, 3.05) is 0 Å². The lowest BCUT2D eigenvalue weighted by atomic mass is 9.87. The van der Waals surface area contributed by atoms with Crippen molar-refractivity contribution >= 4 is 22.6 Å². The lowest BCUT2D eigenvalue weighted by Crippen LogP contribution is -2.14. The van der Waals surface area contributed by atoms with Crippen LogP contribution in [0, 0.1) is 6.92 Å². The summed E-state index contributed by atoms with van der Waals surface area (Å²) in [5.74, 6) is -1.14. The van der Waals surface area contributed by atoms with E-state index in [2.05, 4.69) is 30.7 Å². The molecule has 0 aliphatic rings. The van der Waals surface area contributed by atoms with E-state index in [1.165, 1.54) is 0 Å². The van der Waals surface area contributed by atoms with Crippen LogP contribution in [0.4, 0.5) is 0 Å². The Morgan fingerprint density at radius 2 is 2.00 bits per heavy atom. The van der Waals surface area contributed by atoms with Crippen molar-refractivity contribution in [1.29, 1.82) is 0 Å². The number of fused-ring (bicyclic) bond motifs is 3. The van der Waals surface area contributed by atoms with Gasteiger partial charge in [-0.2, -0.15) is 0 Å². The van der Waals surface area contributed by atoms with Gasteiger partial charge in [0.05, 0.1) is 16.7 Å². The number of aromatic amines is 1. The molecule has 0 fully saturated rings. The normalized spacial score (nSPS) is 12.2. The summed E-state index contributed by atoms with van der Waals surface area (Å²) in [6, 6.07) is 5.80. The number of hydrogen-bond acceptors (Lipinski definition) is 3. The fourth-order valence-electron chi connectivity index (χ4n) is 2.63. The summed E-state index contributed by atoms with van der Waals surface area (Å²) in [5, 5.41) is 9.19. The number of hydrogen-bond donors (Lipinski definition) is 2. The Morgan fingerprint density at radius 3 is 2.59 bits per heavy atom. The molecule has 0 saturated carbocycles. The smallest absolute Gasteiger partial charge is 0.356 e. The Labute approximate surface area is 126 Å². The Balaban J connectivity index is 2.46. The molecule has 3 aromatic rings. The molecule has 1 aromatic carbocycles. The van der Waals surface area contributed by atoms with E-state index in [0.717, 1.165) is 11.1 Å². The third-order valence-corrected chi connectivity index (χ3v) is 3.86. The van der Waals surface area contributed by atoms with Gasteiger partial charge < -0.3 is 10.1 Å². The van der Waals surface area contributed by atoms with Gasteiger partial charge in [0.25, 0.3) is 5.56 Å². The average Bonchev–Trinajstić information content (AvgIpc) is 2.76. The predicted octanol–water partition coefficient (Wildman–Crippen LogP) is 2.48. The lowest BCUT2D eigenvalue weighted by molar-refractivity contribution is 0.0690. The van der Waals surface area contributed by atoms with Crippen molar-refractivity contribution < 1.29 is 9.90 Å². The van der Waals surface area contributed by atoms with Gasteiger partial charge in [0.2, 0.25) is 5.65 Å². The van der Waals surface area contributed by atoms with E-state index < -0.39 is 11.5 Å². The molecule has 2 aromatic heterocycles. The molecule has 0 atom stereocenters. The van der Waals surface area contributed by atoms with Crippen LogP contribution in [0.2, 0.25) is 0 Å². The summed E-state index contributed by atoms with van der Waals surface area (Å²) in [4.78, 5) is 30.2. The number of aromatic nitrogens is 3. The van der Waals surface area contributed by atoms with Gasteiger partial charge in [-0.25, -0.2) is 9.78 Å². The number of aryl methyl sites for hydroxylation is 1. The zero-order chi connectivity index (χ0) is 16.2. The van der Waals surface area contributed by atoms with E-state index in [1.807, 2.05) is 18.2 Å². The van der Waals surface area contributed by atoms with Crippen LogP contribution in [-0.4, -0.2) is 25.4 Å². The summed E-state index contributed by atoms with van der Waals surface area (Å²) < 4.78 is 1.60. The summed E-state index contributed by atoms with van der Waals surface area (Å²) in [6.45, 7) is 7.93. The van der Waals surface area contributed by atoms with Crippen LogP contribution in [0.1, 0.15) is 42.5 Å². The van der Waals surface area contributed by atoms with Crippen molar-refractivity contribution in [1.82, 2.24) is 14.4 Å². The number of benzene rings is 1. The largest absolute Gasteiger partial charge is 0.476 e. The molecule has 6 nitrogen and oxygen atoms in total. The third-order valence-electron chi connectivity index (χ3n) is 3.86. The minimum Gasteiger partial charge on any atom is -0.476 e. The number of carboxylic acid groups (broad SMARTS) is 1. The van der Waals surface area contributed by atoms with Gasteiger partial charge in [-0.3, -0.25) is 9.20 Å². The number of carbonyl (C=O) groups is 1. The molecular formula is C16H17N3O3. The molecule has 0 radical (unpaired) electrons. The van der Waals surface area contributed by atoms with Crippen molar-refractivity contribution in [2.24, 2.45) is 0 Å². The zero-order valence-electron chi connectivity index (χ0n) is 12.9. The second-order valence-electron chi connectivity index (χ2n) is 6.45. The molecular weight excluding hydrogens is 282 g/mol. The maximum atomic E-state index is 12.2. The average molecular weight is 299 g/mol. The van der Waals surface area contributed by atoms with Crippen LogP contribution in [-0.2, 0) is 5.41 Å². The maximum Gasteiger partial charge on any atom is 0.356 e. The summed E-state index contributed by atoms with van der Waals surface area (Å²) in [5.41, 5.74) is 2.50. The van der Waals surface area contributed by atoms with Crippen LogP contribution >= 0.6 is 0 Å². The zero-order valence-corrected chi connectivity index (χ0v) is 12.9. The summed E-state index contributed by atoms with van der Waals surface area (Å²) in [7, 11) is 0. The van der Waals surface area contributed by atoms with Crippen molar-refractivity contribution in [3.63, 3.8) is 0 Å². The fraction of sp³-hybridized carbons (Fsp3) is 0.312. The highest BCUT2D eigenvalue weighted by Crippen LogP contribution is 2.26. The SMILES string of the molecule is Cc1c(C(=O)O)nc2c(=O)[nH]c3cc(C(C)(C)C)ccc3n12. The van der Waals surface area contributed by atoms with Crippen LogP contribution in [0.15, 0.2) is 23.0 Å². The Morgan fingerprint density at radius 1 is 1.32 bits per heavy atom.